The molecule has 0 bridgehead atoms. The molecule has 0 aliphatic carbocycles. The third kappa shape index (κ3) is 4.02. The van der Waals surface area contributed by atoms with Crippen LogP contribution < -0.4 is 5.32 Å². The van der Waals surface area contributed by atoms with Crippen LogP contribution in [0.2, 0.25) is 0 Å². The van der Waals surface area contributed by atoms with Gasteiger partial charge in [-0.05, 0) is 12.5 Å². The van der Waals surface area contributed by atoms with Gasteiger partial charge in [0, 0.05) is 22.2 Å². The number of nitro benzene ring substituents is 1. The van der Waals surface area contributed by atoms with Gasteiger partial charge in [0.1, 0.15) is 6.04 Å². The summed E-state index contributed by atoms with van der Waals surface area (Å²) in [4.78, 5) is 32.7. The Balaban J connectivity index is 2.99. The van der Waals surface area contributed by atoms with E-state index in [1.807, 2.05) is 0 Å². The molecule has 0 unspecified atom stereocenters. The Hall–Kier alpha value is -1.96. The van der Waals surface area contributed by atoms with Gasteiger partial charge in [-0.15, -0.1) is 0 Å². The number of carboxylic acids is 1. The maximum atomic E-state index is 11.8. The van der Waals surface area contributed by atoms with E-state index in [1.54, 1.807) is 6.92 Å². The summed E-state index contributed by atoms with van der Waals surface area (Å²) in [5, 5.41) is 21.8. The highest BCUT2D eigenvalue weighted by atomic mass is 79.9. The van der Waals surface area contributed by atoms with Gasteiger partial charge in [0.2, 0.25) is 0 Å². The third-order valence-electron chi connectivity index (χ3n) is 2.37. The van der Waals surface area contributed by atoms with Gasteiger partial charge in [0.05, 0.1) is 4.92 Å². The van der Waals surface area contributed by atoms with Crippen molar-refractivity contribution in [2.45, 2.75) is 19.4 Å². The minimum Gasteiger partial charge on any atom is -0.480 e. The van der Waals surface area contributed by atoms with Gasteiger partial charge in [-0.1, -0.05) is 22.9 Å². The molecule has 8 heteroatoms. The number of halogens is 1. The molecule has 0 fully saturated rings. The quantitative estimate of drug-likeness (QED) is 0.633. The number of nitrogens with one attached hydrogen (secondary N) is 1. The fourth-order valence-corrected chi connectivity index (χ4v) is 1.87. The van der Waals surface area contributed by atoms with E-state index in [4.69, 9.17) is 5.11 Å². The summed E-state index contributed by atoms with van der Waals surface area (Å²) >= 11 is 3.06. The summed E-state index contributed by atoms with van der Waals surface area (Å²) in [6.45, 7) is 1.61. The molecule has 1 amide bonds. The second-order valence-corrected chi connectivity index (χ2v) is 4.64. The molecule has 0 radical (unpaired) electrons. The highest BCUT2D eigenvalue weighted by molar-refractivity contribution is 9.10. The van der Waals surface area contributed by atoms with Crippen LogP contribution in [0.4, 0.5) is 5.69 Å². The number of carbonyl (C=O) groups excluding carboxylic acids is 1. The first-order valence-electron chi connectivity index (χ1n) is 5.33. The van der Waals surface area contributed by atoms with Crippen molar-refractivity contribution in [3.63, 3.8) is 0 Å². The number of nitro groups is 1. The molecule has 0 saturated carbocycles. The lowest BCUT2D eigenvalue weighted by atomic mass is 10.1. The van der Waals surface area contributed by atoms with Crippen molar-refractivity contribution in [2.75, 3.05) is 0 Å². The predicted octanol–water partition coefficient (Wildman–Crippen LogP) is 1.95. The number of carbonyl (C=O) groups is 2. The first-order valence-corrected chi connectivity index (χ1v) is 6.13. The second-order valence-electron chi connectivity index (χ2n) is 3.73. The molecule has 0 aliphatic heterocycles. The summed E-state index contributed by atoms with van der Waals surface area (Å²) < 4.78 is 0.371. The summed E-state index contributed by atoms with van der Waals surface area (Å²) in [5.41, 5.74) is -0.219. The molecule has 7 nitrogen and oxygen atoms in total. The maximum absolute atomic E-state index is 11.8. The van der Waals surface area contributed by atoms with E-state index in [9.17, 15) is 19.7 Å². The van der Waals surface area contributed by atoms with Crippen LogP contribution in [0, 0.1) is 10.1 Å². The number of rotatable bonds is 5. The van der Waals surface area contributed by atoms with Crippen LogP contribution in [0.15, 0.2) is 22.7 Å². The summed E-state index contributed by atoms with van der Waals surface area (Å²) in [7, 11) is 0. The van der Waals surface area contributed by atoms with E-state index >= 15 is 0 Å². The molecule has 0 aliphatic rings. The summed E-state index contributed by atoms with van der Waals surface area (Å²) in [6, 6.07) is 2.71. The van der Waals surface area contributed by atoms with Crippen molar-refractivity contribution in [1.29, 1.82) is 0 Å². The SMILES string of the molecule is CC[C@@H](NC(=O)c1cc(Br)cc([N+](=O)[O-])c1)C(=O)O. The average Bonchev–Trinajstić information content (AvgIpc) is 2.34. The van der Waals surface area contributed by atoms with Gasteiger partial charge in [0.25, 0.3) is 11.6 Å². The van der Waals surface area contributed by atoms with Crippen LogP contribution in [0.5, 0.6) is 0 Å². The summed E-state index contributed by atoms with van der Waals surface area (Å²) in [5.74, 6) is -1.82. The monoisotopic (exact) mass is 330 g/mol. The van der Waals surface area contributed by atoms with Gasteiger partial charge in [-0.2, -0.15) is 0 Å². The fourth-order valence-electron chi connectivity index (χ4n) is 1.39. The number of amides is 1. The molecule has 19 heavy (non-hydrogen) atoms. The molecule has 1 atom stereocenters. The Labute approximate surface area is 116 Å². The number of aliphatic carboxylic acids is 1. The van der Waals surface area contributed by atoms with Crippen molar-refractivity contribution >= 4 is 33.5 Å². The Morgan fingerprint density at radius 1 is 1.47 bits per heavy atom. The summed E-state index contributed by atoms with van der Waals surface area (Å²) in [6.07, 6.45) is 0.219. The van der Waals surface area contributed by atoms with Crippen molar-refractivity contribution in [2.24, 2.45) is 0 Å². The van der Waals surface area contributed by atoms with Crippen molar-refractivity contribution < 1.29 is 19.6 Å². The van der Waals surface area contributed by atoms with Gasteiger partial charge >= 0.3 is 5.97 Å². The predicted molar refractivity (Wildman–Crippen MR) is 70.0 cm³/mol. The lowest BCUT2D eigenvalue weighted by Crippen LogP contribution is -2.40. The minimum absolute atomic E-state index is 0.0285. The van der Waals surface area contributed by atoms with E-state index in [1.165, 1.54) is 12.1 Å². The Bertz CT molecular complexity index is 532. The average molecular weight is 331 g/mol. The standard InChI is InChI=1S/C11H11BrN2O5/c1-2-9(11(16)17)13-10(15)6-3-7(12)5-8(4-6)14(18)19/h3-5,9H,2H2,1H3,(H,13,15)(H,16,17)/t9-/m1/s1. The molecule has 0 saturated heterocycles. The molecule has 1 aromatic rings. The molecule has 102 valence electrons. The zero-order valence-electron chi connectivity index (χ0n) is 9.92. The van der Waals surface area contributed by atoms with Crippen LogP contribution in [-0.4, -0.2) is 27.9 Å². The molecule has 0 spiro atoms. The van der Waals surface area contributed by atoms with Crippen molar-refractivity contribution in [1.82, 2.24) is 5.32 Å². The molecular weight excluding hydrogens is 320 g/mol. The molecular formula is C11H11BrN2O5. The first-order chi connectivity index (χ1) is 8.85. The first kappa shape index (κ1) is 15.1. The fraction of sp³-hybridized carbons (Fsp3) is 0.273. The Morgan fingerprint density at radius 3 is 2.58 bits per heavy atom. The van der Waals surface area contributed by atoms with E-state index in [0.717, 1.165) is 6.07 Å². The molecule has 2 N–H and O–H groups in total. The second kappa shape index (κ2) is 6.28. The normalized spacial score (nSPS) is 11.7. The van der Waals surface area contributed by atoms with E-state index < -0.39 is 22.8 Å². The van der Waals surface area contributed by atoms with Crippen LogP contribution >= 0.6 is 15.9 Å². The Morgan fingerprint density at radius 2 is 2.11 bits per heavy atom. The third-order valence-corrected chi connectivity index (χ3v) is 2.83. The van der Waals surface area contributed by atoms with Gasteiger partial charge in [-0.3, -0.25) is 14.9 Å². The van der Waals surface area contributed by atoms with Crippen molar-refractivity contribution in [3.8, 4) is 0 Å². The number of hydrogen-bond acceptors (Lipinski definition) is 4. The van der Waals surface area contributed by atoms with Gasteiger partial charge < -0.3 is 10.4 Å². The molecule has 1 aromatic carbocycles. The van der Waals surface area contributed by atoms with Gasteiger partial charge in [0.15, 0.2) is 0 Å². The topological polar surface area (TPSA) is 110 Å². The van der Waals surface area contributed by atoms with Crippen LogP contribution in [-0.2, 0) is 4.79 Å². The zero-order valence-corrected chi connectivity index (χ0v) is 11.5. The van der Waals surface area contributed by atoms with E-state index in [2.05, 4.69) is 21.2 Å². The van der Waals surface area contributed by atoms with Crippen LogP contribution in [0.3, 0.4) is 0 Å². The lowest BCUT2D eigenvalue weighted by molar-refractivity contribution is -0.385. The number of nitrogens with zero attached hydrogens (tertiary/aromatic N) is 1. The largest absolute Gasteiger partial charge is 0.480 e. The number of hydrogen-bond donors (Lipinski definition) is 2. The van der Waals surface area contributed by atoms with Crippen molar-refractivity contribution in [3.05, 3.63) is 38.3 Å². The molecule has 0 heterocycles. The highest BCUT2D eigenvalue weighted by Crippen LogP contribution is 2.21. The molecule has 1 rings (SSSR count). The van der Waals surface area contributed by atoms with E-state index in [-0.39, 0.29) is 17.7 Å². The van der Waals surface area contributed by atoms with E-state index in [0.29, 0.717) is 4.47 Å². The molecule has 0 aromatic heterocycles. The zero-order chi connectivity index (χ0) is 14.6. The number of non-ortho nitro benzene ring substituents is 1. The lowest BCUT2D eigenvalue weighted by Gasteiger charge is -2.12. The van der Waals surface area contributed by atoms with Crippen LogP contribution in [0.1, 0.15) is 23.7 Å². The Kier molecular flexibility index (Phi) is 4.99. The van der Waals surface area contributed by atoms with Gasteiger partial charge in [-0.25, -0.2) is 4.79 Å². The van der Waals surface area contributed by atoms with Crippen LogP contribution in [0.25, 0.3) is 0 Å². The highest BCUT2D eigenvalue weighted by Gasteiger charge is 2.20. The number of carboxylic acid groups (broad SMARTS) is 1. The number of benzene rings is 1. The maximum Gasteiger partial charge on any atom is 0.326 e. The minimum atomic E-state index is -1.15. The smallest absolute Gasteiger partial charge is 0.326 e.